The SMILES string of the molecule is COCCN1C(=O)/C(=C/c2c(N3C[C@@H](C)C[C@H](C)C3)nc3c(C)cccn3c2=O)SC1=S. The summed E-state index contributed by atoms with van der Waals surface area (Å²) in [6, 6.07) is 3.79. The van der Waals surface area contributed by atoms with E-state index in [9.17, 15) is 9.59 Å². The van der Waals surface area contributed by atoms with Crippen LogP contribution < -0.4 is 10.5 Å². The Morgan fingerprint density at radius 2 is 2.00 bits per heavy atom. The molecule has 4 rings (SSSR count). The summed E-state index contributed by atoms with van der Waals surface area (Å²) in [6.07, 6.45) is 4.55. The van der Waals surface area contributed by atoms with E-state index in [4.69, 9.17) is 21.9 Å². The molecule has 0 radical (unpaired) electrons. The van der Waals surface area contributed by atoms with Crippen LogP contribution >= 0.6 is 24.0 Å². The highest BCUT2D eigenvalue weighted by atomic mass is 32.2. The van der Waals surface area contributed by atoms with Crippen LogP contribution in [-0.4, -0.2) is 57.9 Å². The number of ether oxygens (including phenoxy) is 1. The number of fused-ring (bicyclic) bond motifs is 1. The number of hydrogen-bond acceptors (Lipinski definition) is 7. The van der Waals surface area contributed by atoms with Crippen molar-refractivity contribution >= 4 is 51.7 Å². The number of methoxy groups -OCH3 is 1. The first-order valence-corrected chi connectivity index (χ1v) is 12.0. The van der Waals surface area contributed by atoms with E-state index in [2.05, 4.69) is 18.7 Å². The Morgan fingerprint density at radius 3 is 2.69 bits per heavy atom. The molecular formula is C23H28N4O3S2. The number of carbonyl (C=O) groups excluding carboxylic acids is 1. The average molecular weight is 473 g/mol. The van der Waals surface area contributed by atoms with E-state index >= 15 is 0 Å². The molecule has 1 amide bonds. The van der Waals surface area contributed by atoms with Crippen LogP contribution in [0.3, 0.4) is 0 Å². The summed E-state index contributed by atoms with van der Waals surface area (Å²) in [6.45, 7) is 8.84. The number of pyridine rings is 1. The molecule has 0 unspecified atom stereocenters. The smallest absolute Gasteiger partial charge is 0.267 e. The first-order valence-electron chi connectivity index (χ1n) is 10.8. The molecule has 4 heterocycles. The molecule has 32 heavy (non-hydrogen) atoms. The van der Waals surface area contributed by atoms with Gasteiger partial charge in [-0.15, -0.1) is 0 Å². The van der Waals surface area contributed by atoms with Crippen molar-refractivity contribution in [2.75, 3.05) is 38.3 Å². The first-order chi connectivity index (χ1) is 15.3. The maximum Gasteiger partial charge on any atom is 0.267 e. The quantitative estimate of drug-likeness (QED) is 0.488. The molecule has 0 spiro atoms. The minimum absolute atomic E-state index is 0.179. The van der Waals surface area contributed by atoms with Crippen LogP contribution in [0.1, 0.15) is 31.4 Å². The van der Waals surface area contributed by atoms with E-state index in [0.29, 0.717) is 51.2 Å². The predicted molar refractivity (Wildman–Crippen MR) is 133 cm³/mol. The highest BCUT2D eigenvalue weighted by Crippen LogP contribution is 2.34. The second-order valence-corrected chi connectivity index (χ2v) is 10.4. The molecule has 0 saturated carbocycles. The Morgan fingerprint density at radius 1 is 1.28 bits per heavy atom. The van der Waals surface area contributed by atoms with Crippen molar-refractivity contribution in [1.29, 1.82) is 0 Å². The summed E-state index contributed by atoms with van der Waals surface area (Å²) in [5.74, 6) is 1.44. The Balaban J connectivity index is 1.85. The monoisotopic (exact) mass is 472 g/mol. The van der Waals surface area contributed by atoms with Crippen LogP contribution in [0.15, 0.2) is 28.0 Å². The normalized spacial score (nSPS) is 23.1. The van der Waals surface area contributed by atoms with E-state index in [0.717, 1.165) is 25.1 Å². The van der Waals surface area contributed by atoms with Crippen molar-refractivity contribution in [2.24, 2.45) is 11.8 Å². The lowest BCUT2D eigenvalue weighted by molar-refractivity contribution is -0.122. The molecule has 2 fully saturated rings. The zero-order valence-corrected chi connectivity index (χ0v) is 20.5. The molecule has 0 N–H and O–H groups in total. The fourth-order valence-electron chi connectivity index (χ4n) is 4.51. The van der Waals surface area contributed by atoms with E-state index in [1.54, 1.807) is 23.8 Å². The fraction of sp³-hybridized carbons (Fsp3) is 0.478. The average Bonchev–Trinajstić information content (AvgIpc) is 3.00. The maximum atomic E-state index is 13.6. The summed E-state index contributed by atoms with van der Waals surface area (Å²) in [5.41, 5.74) is 1.83. The van der Waals surface area contributed by atoms with Gasteiger partial charge in [0.15, 0.2) is 0 Å². The van der Waals surface area contributed by atoms with E-state index < -0.39 is 0 Å². The lowest BCUT2D eigenvalue weighted by atomic mass is 9.91. The molecule has 2 aromatic rings. The number of rotatable bonds is 5. The van der Waals surface area contributed by atoms with Crippen LogP contribution in [0.5, 0.6) is 0 Å². The molecule has 9 heteroatoms. The van der Waals surface area contributed by atoms with Crippen molar-refractivity contribution in [3.63, 3.8) is 0 Å². The summed E-state index contributed by atoms with van der Waals surface area (Å²) in [7, 11) is 1.59. The lowest BCUT2D eigenvalue weighted by Crippen LogP contribution is -2.40. The van der Waals surface area contributed by atoms with Gasteiger partial charge in [-0.3, -0.25) is 18.9 Å². The van der Waals surface area contributed by atoms with Crippen molar-refractivity contribution < 1.29 is 9.53 Å². The van der Waals surface area contributed by atoms with E-state index in [1.807, 2.05) is 19.1 Å². The lowest BCUT2D eigenvalue weighted by Gasteiger charge is -2.36. The molecule has 2 aliphatic heterocycles. The van der Waals surface area contributed by atoms with Crippen molar-refractivity contribution in [2.45, 2.75) is 27.2 Å². The van der Waals surface area contributed by atoms with Gasteiger partial charge in [0.25, 0.3) is 11.5 Å². The van der Waals surface area contributed by atoms with Crippen LogP contribution in [0.25, 0.3) is 11.7 Å². The number of piperidine rings is 1. The van der Waals surface area contributed by atoms with Crippen LogP contribution in [0.4, 0.5) is 5.82 Å². The van der Waals surface area contributed by atoms with Gasteiger partial charge in [-0.05, 0) is 42.9 Å². The number of aryl methyl sites for hydroxylation is 1. The van der Waals surface area contributed by atoms with Crippen LogP contribution in [0, 0.1) is 18.8 Å². The molecule has 2 saturated heterocycles. The molecule has 0 aromatic carbocycles. The van der Waals surface area contributed by atoms with Gasteiger partial charge in [0, 0.05) is 26.4 Å². The van der Waals surface area contributed by atoms with Gasteiger partial charge in [-0.2, -0.15) is 0 Å². The number of anilines is 1. The predicted octanol–water partition coefficient (Wildman–Crippen LogP) is 3.33. The highest BCUT2D eigenvalue weighted by Gasteiger charge is 2.33. The largest absolute Gasteiger partial charge is 0.383 e. The molecule has 0 aliphatic carbocycles. The number of amides is 1. The number of carbonyl (C=O) groups is 1. The Bertz CT molecular complexity index is 1150. The Hall–Kier alpha value is -2.23. The van der Waals surface area contributed by atoms with Gasteiger partial charge in [0.05, 0.1) is 23.6 Å². The molecule has 2 atom stereocenters. The summed E-state index contributed by atoms with van der Waals surface area (Å²) >= 11 is 6.62. The van der Waals surface area contributed by atoms with Gasteiger partial charge in [0.2, 0.25) is 0 Å². The number of aromatic nitrogens is 2. The van der Waals surface area contributed by atoms with Crippen molar-refractivity contribution in [3.05, 3.63) is 44.7 Å². The first kappa shape index (κ1) is 22.9. The third-order valence-electron chi connectivity index (χ3n) is 5.90. The molecule has 2 aromatic heterocycles. The van der Waals surface area contributed by atoms with Crippen LogP contribution in [0.2, 0.25) is 0 Å². The standard InChI is InChI=1S/C23H28N4O3S2/c1-14-10-15(2)13-25(12-14)20-17(21(28)26-7-5-6-16(3)19(26)24-20)11-18-22(29)27(8-9-30-4)23(31)32-18/h5-7,11,14-15H,8-10,12-13H2,1-4H3/b18-11-/t14-,15-/m0/s1. The van der Waals surface area contributed by atoms with Gasteiger partial charge in [-0.1, -0.05) is 43.9 Å². The molecule has 2 aliphatic rings. The second kappa shape index (κ2) is 9.33. The summed E-state index contributed by atoms with van der Waals surface area (Å²) in [5, 5.41) is 0. The van der Waals surface area contributed by atoms with E-state index in [1.165, 1.54) is 16.7 Å². The summed E-state index contributed by atoms with van der Waals surface area (Å²) < 4.78 is 7.14. The number of hydrogen-bond donors (Lipinski definition) is 0. The molecule has 170 valence electrons. The minimum atomic E-state index is -0.197. The molecule has 0 bridgehead atoms. The van der Waals surface area contributed by atoms with Gasteiger partial charge < -0.3 is 9.64 Å². The number of nitrogens with zero attached hydrogens (tertiary/aromatic N) is 4. The molecule has 7 nitrogen and oxygen atoms in total. The van der Waals surface area contributed by atoms with E-state index in [-0.39, 0.29) is 11.5 Å². The number of thioether (sulfide) groups is 1. The zero-order chi connectivity index (χ0) is 23.0. The third kappa shape index (κ3) is 4.33. The van der Waals surface area contributed by atoms with Crippen molar-refractivity contribution in [1.82, 2.24) is 14.3 Å². The van der Waals surface area contributed by atoms with Crippen LogP contribution in [-0.2, 0) is 9.53 Å². The zero-order valence-electron chi connectivity index (χ0n) is 18.8. The fourth-order valence-corrected chi connectivity index (χ4v) is 5.80. The van der Waals surface area contributed by atoms with Gasteiger partial charge in [-0.25, -0.2) is 4.98 Å². The maximum absolute atomic E-state index is 13.6. The topological polar surface area (TPSA) is 67.2 Å². The number of thiocarbonyl (C=S) groups is 1. The third-order valence-corrected chi connectivity index (χ3v) is 7.28. The second-order valence-electron chi connectivity index (χ2n) is 8.72. The summed E-state index contributed by atoms with van der Waals surface area (Å²) in [4.78, 5) is 35.7. The van der Waals surface area contributed by atoms with Crippen molar-refractivity contribution in [3.8, 4) is 0 Å². The van der Waals surface area contributed by atoms with Gasteiger partial charge >= 0.3 is 0 Å². The van der Waals surface area contributed by atoms with Gasteiger partial charge in [0.1, 0.15) is 15.8 Å². The molecular weight excluding hydrogens is 444 g/mol. The Labute approximate surface area is 197 Å². The Kier molecular flexibility index (Phi) is 6.69. The highest BCUT2D eigenvalue weighted by molar-refractivity contribution is 8.26. The minimum Gasteiger partial charge on any atom is -0.383 e.